The molecular weight excluding hydrogens is 320 g/mol. The fourth-order valence-electron chi connectivity index (χ4n) is 1.87. The molecule has 0 amide bonds. The third-order valence-corrected chi connectivity index (χ3v) is 3.91. The standard InChI is InChI=1S/C19H22N2O4/c1-4-19(2,3)18(23)25-12-11-24-17(22)14-8-9-16(21-13-14)15-7-5-6-10-20-15/h5-10,13H,4,11-12H2,1-3H3. The summed E-state index contributed by atoms with van der Waals surface area (Å²) in [5.74, 6) is -0.807. The Bertz CT molecular complexity index is 712. The Morgan fingerprint density at radius 2 is 1.72 bits per heavy atom. The molecular formula is C19H22N2O4. The van der Waals surface area contributed by atoms with E-state index in [-0.39, 0.29) is 19.2 Å². The Balaban J connectivity index is 1.82. The summed E-state index contributed by atoms with van der Waals surface area (Å²) in [7, 11) is 0. The van der Waals surface area contributed by atoms with Crippen LogP contribution in [0.3, 0.4) is 0 Å². The van der Waals surface area contributed by atoms with Crippen molar-refractivity contribution in [2.24, 2.45) is 5.41 Å². The largest absolute Gasteiger partial charge is 0.462 e. The predicted molar refractivity (Wildman–Crippen MR) is 92.8 cm³/mol. The second-order valence-corrected chi connectivity index (χ2v) is 6.16. The third-order valence-electron chi connectivity index (χ3n) is 3.91. The van der Waals surface area contributed by atoms with Gasteiger partial charge >= 0.3 is 11.9 Å². The van der Waals surface area contributed by atoms with E-state index >= 15 is 0 Å². The van der Waals surface area contributed by atoms with Gasteiger partial charge in [0.2, 0.25) is 0 Å². The molecule has 2 heterocycles. The van der Waals surface area contributed by atoms with E-state index in [2.05, 4.69) is 9.97 Å². The summed E-state index contributed by atoms with van der Waals surface area (Å²) in [6, 6.07) is 8.87. The zero-order chi connectivity index (χ0) is 18.3. The zero-order valence-corrected chi connectivity index (χ0v) is 14.7. The van der Waals surface area contributed by atoms with Gasteiger partial charge in [-0.3, -0.25) is 14.8 Å². The molecule has 6 nitrogen and oxygen atoms in total. The van der Waals surface area contributed by atoms with Gasteiger partial charge in [-0.2, -0.15) is 0 Å². The summed E-state index contributed by atoms with van der Waals surface area (Å²) >= 11 is 0. The van der Waals surface area contributed by atoms with E-state index in [0.717, 1.165) is 5.69 Å². The Morgan fingerprint density at radius 3 is 2.32 bits per heavy atom. The second-order valence-electron chi connectivity index (χ2n) is 6.16. The van der Waals surface area contributed by atoms with E-state index in [9.17, 15) is 9.59 Å². The lowest BCUT2D eigenvalue weighted by atomic mass is 9.91. The molecule has 2 aromatic rings. The minimum absolute atomic E-state index is 0.00631. The molecule has 0 saturated heterocycles. The molecule has 0 bridgehead atoms. The molecule has 132 valence electrons. The van der Waals surface area contributed by atoms with Crippen molar-refractivity contribution in [2.75, 3.05) is 13.2 Å². The minimum atomic E-state index is -0.533. The quantitative estimate of drug-likeness (QED) is 0.567. The summed E-state index contributed by atoms with van der Waals surface area (Å²) in [5, 5.41) is 0. The predicted octanol–water partition coefficient (Wildman–Crippen LogP) is 3.28. The minimum Gasteiger partial charge on any atom is -0.462 e. The lowest BCUT2D eigenvalue weighted by Crippen LogP contribution is -2.27. The first kappa shape index (κ1) is 18.6. The Morgan fingerprint density at radius 1 is 1.00 bits per heavy atom. The second kappa shape index (κ2) is 8.37. The van der Waals surface area contributed by atoms with Gasteiger partial charge in [0.05, 0.1) is 22.4 Å². The van der Waals surface area contributed by atoms with Crippen LogP contribution in [0.4, 0.5) is 0 Å². The molecule has 0 unspecified atom stereocenters. The normalized spacial score (nSPS) is 11.0. The maximum absolute atomic E-state index is 12.0. The van der Waals surface area contributed by atoms with Crippen LogP contribution in [0.15, 0.2) is 42.7 Å². The van der Waals surface area contributed by atoms with Gasteiger partial charge in [-0.25, -0.2) is 4.79 Å². The Labute approximate surface area is 147 Å². The van der Waals surface area contributed by atoms with Crippen molar-refractivity contribution in [1.82, 2.24) is 9.97 Å². The number of ether oxygens (including phenoxy) is 2. The maximum Gasteiger partial charge on any atom is 0.339 e. The molecule has 0 aliphatic rings. The van der Waals surface area contributed by atoms with E-state index in [0.29, 0.717) is 17.7 Å². The van der Waals surface area contributed by atoms with Crippen LogP contribution in [-0.2, 0) is 14.3 Å². The number of hydrogen-bond donors (Lipinski definition) is 0. The van der Waals surface area contributed by atoms with Crippen molar-refractivity contribution in [3.05, 3.63) is 48.3 Å². The molecule has 25 heavy (non-hydrogen) atoms. The highest BCUT2D eigenvalue weighted by atomic mass is 16.6. The first-order valence-electron chi connectivity index (χ1n) is 8.16. The number of carbonyl (C=O) groups is 2. The van der Waals surface area contributed by atoms with Gasteiger partial charge in [-0.1, -0.05) is 13.0 Å². The highest BCUT2D eigenvalue weighted by Gasteiger charge is 2.26. The van der Waals surface area contributed by atoms with E-state index in [1.54, 1.807) is 18.3 Å². The van der Waals surface area contributed by atoms with Gasteiger partial charge in [-0.05, 0) is 44.5 Å². The zero-order valence-electron chi connectivity index (χ0n) is 14.7. The molecule has 0 aliphatic carbocycles. The highest BCUT2D eigenvalue weighted by molar-refractivity contribution is 5.89. The lowest BCUT2D eigenvalue weighted by Gasteiger charge is -2.20. The fourth-order valence-corrected chi connectivity index (χ4v) is 1.87. The number of aromatic nitrogens is 2. The van der Waals surface area contributed by atoms with Crippen LogP contribution in [0.2, 0.25) is 0 Å². The summed E-state index contributed by atoms with van der Waals surface area (Å²) in [6.45, 7) is 5.59. The third kappa shape index (κ3) is 5.11. The molecule has 0 aromatic carbocycles. The monoisotopic (exact) mass is 342 g/mol. The van der Waals surface area contributed by atoms with E-state index in [1.165, 1.54) is 6.20 Å². The number of rotatable bonds is 7. The highest BCUT2D eigenvalue weighted by Crippen LogP contribution is 2.21. The van der Waals surface area contributed by atoms with Gasteiger partial charge in [0, 0.05) is 12.4 Å². The molecule has 0 aliphatic heterocycles. The summed E-state index contributed by atoms with van der Waals surface area (Å²) in [5.41, 5.74) is 1.20. The van der Waals surface area contributed by atoms with Gasteiger partial charge in [0.15, 0.2) is 0 Å². The van der Waals surface area contributed by atoms with Crippen molar-refractivity contribution in [1.29, 1.82) is 0 Å². The van der Waals surface area contributed by atoms with E-state index in [4.69, 9.17) is 9.47 Å². The maximum atomic E-state index is 12.0. The fraction of sp³-hybridized carbons (Fsp3) is 0.368. The molecule has 2 aromatic heterocycles. The Kier molecular flexibility index (Phi) is 6.22. The molecule has 6 heteroatoms. The number of pyridine rings is 2. The Hall–Kier alpha value is -2.76. The average Bonchev–Trinajstić information content (AvgIpc) is 2.65. The lowest BCUT2D eigenvalue weighted by molar-refractivity contribution is -0.155. The first-order chi connectivity index (χ1) is 11.9. The van der Waals surface area contributed by atoms with Gasteiger partial charge < -0.3 is 9.47 Å². The molecule has 0 spiro atoms. The van der Waals surface area contributed by atoms with Crippen molar-refractivity contribution >= 4 is 11.9 Å². The van der Waals surface area contributed by atoms with Crippen molar-refractivity contribution < 1.29 is 19.1 Å². The summed E-state index contributed by atoms with van der Waals surface area (Å²) in [4.78, 5) is 32.2. The van der Waals surface area contributed by atoms with Crippen LogP contribution in [0.1, 0.15) is 37.6 Å². The van der Waals surface area contributed by atoms with Crippen molar-refractivity contribution in [3.63, 3.8) is 0 Å². The summed E-state index contributed by atoms with van der Waals surface area (Å²) < 4.78 is 10.2. The van der Waals surface area contributed by atoms with Crippen molar-refractivity contribution in [3.8, 4) is 11.4 Å². The van der Waals surface area contributed by atoms with Crippen LogP contribution in [-0.4, -0.2) is 35.1 Å². The molecule has 0 atom stereocenters. The molecule has 0 radical (unpaired) electrons. The van der Waals surface area contributed by atoms with Gasteiger partial charge in [0.25, 0.3) is 0 Å². The van der Waals surface area contributed by atoms with Crippen LogP contribution >= 0.6 is 0 Å². The number of esters is 2. The smallest absolute Gasteiger partial charge is 0.339 e. The van der Waals surface area contributed by atoms with Crippen LogP contribution in [0.5, 0.6) is 0 Å². The van der Waals surface area contributed by atoms with Crippen LogP contribution < -0.4 is 0 Å². The molecule has 2 rings (SSSR count). The number of hydrogen-bond acceptors (Lipinski definition) is 6. The molecule has 0 saturated carbocycles. The van der Waals surface area contributed by atoms with E-state index < -0.39 is 11.4 Å². The van der Waals surface area contributed by atoms with Crippen LogP contribution in [0.25, 0.3) is 11.4 Å². The number of nitrogens with zero attached hydrogens (tertiary/aromatic N) is 2. The van der Waals surface area contributed by atoms with Gasteiger partial charge in [0.1, 0.15) is 13.2 Å². The average molecular weight is 342 g/mol. The first-order valence-corrected chi connectivity index (χ1v) is 8.16. The summed E-state index contributed by atoms with van der Waals surface area (Å²) in [6.07, 6.45) is 3.80. The molecule has 0 N–H and O–H groups in total. The van der Waals surface area contributed by atoms with E-state index in [1.807, 2.05) is 39.0 Å². The van der Waals surface area contributed by atoms with Gasteiger partial charge in [-0.15, -0.1) is 0 Å². The SMILES string of the molecule is CCC(C)(C)C(=O)OCCOC(=O)c1ccc(-c2ccccn2)nc1. The van der Waals surface area contributed by atoms with Crippen molar-refractivity contribution in [2.45, 2.75) is 27.2 Å². The topological polar surface area (TPSA) is 78.4 Å². The van der Waals surface area contributed by atoms with Crippen LogP contribution in [0, 0.1) is 5.41 Å². The number of carbonyl (C=O) groups excluding carboxylic acids is 2. The molecule has 0 fully saturated rings.